The summed E-state index contributed by atoms with van der Waals surface area (Å²) >= 11 is 0. The van der Waals surface area contributed by atoms with Crippen LogP contribution in [-0.4, -0.2) is 13.8 Å². The van der Waals surface area contributed by atoms with Crippen LogP contribution in [0.2, 0.25) is 0 Å². The van der Waals surface area contributed by atoms with Gasteiger partial charge in [0.15, 0.2) is 0 Å². The van der Waals surface area contributed by atoms with Crippen LogP contribution in [0, 0.1) is 6.92 Å². The van der Waals surface area contributed by atoms with Gasteiger partial charge in [-0.2, -0.15) is 0 Å². The first kappa shape index (κ1) is 13.3. The fourth-order valence-electron chi connectivity index (χ4n) is 1.02. The van der Waals surface area contributed by atoms with Gasteiger partial charge in [-0.1, -0.05) is 37.5 Å². The highest BCUT2D eigenvalue weighted by Crippen LogP contribution is 2.06. The number of carbonyl (C=O) groups excluding carboxylic acids is 1. The van der Waals surface area contributed by atoms with Crippen LogP contribution in [0.15, 0.2) is 23.3 Å². The van der Waals surface area contributed by atoms with Crippen LogP contribution in [-0.2, 0) is 0 Å². The normalized spacial score (nSPS) is 8.20. The summed E-state index contributed by atoms with van der Waals surface area (Å²) in [5, 5.41) is 2.99. The molecule has 0 atom stereocenters. The molecule has 0 unspecified atom stereocenters. The summed E-state index contributed by atoms with van der Waals surface area (Å²) in [6.07, 6.45) is 0. The van der Waals surface area contributed by atoms with Gasteiger partial charge in [-0.05, 0) is 23.1 Å². The summed E-state index contributed by atoms with van der Waals surface area (Å²) < 4.78 is 0. The van der Waals surface area contributed by atoms with Crippen molar-refractivity contribution in [3.8, 4) is 0 Å². The maximum Gasteiger partial charge on any atom is 0.249 e. The Kier molecular flexibility index (Phi) is 5.91. The molecule has 76 valence electrons. The van der Waals surface area contributed by atoms with Gasteiger partial charge in [-0.15, -0.1) is 0 Å². The van der Waals surface area contributed by atoms with Gasteiger partial charge >= 0.3 is 0 Å². The SMILES string of the molecule is CC.[B]c1ccc(C(=O)N=[N+]=[N-])c(C)c1. The first-order valence-electron chi connectivity index (χ1n) is 4.60. The second-order valence-corrected chi connectivity index (χ2v) is 2.57. The molecule has 0 heterocycles. The van der Waals surface area contributed by atoms with Crippen molar-refractivity contribution in [1.82, 2.24) is 0 Å². The van der Waals surface area contributed by atoms with Crippen molar-refractivity contribution < 1.29 is 4.79 Å². The minimum absolute atomic E-state index is 0.381. The Morgan fingerprint density at radius 1 is 1.47 bits per heavy atom. The van der Waals surface area contributed by atoms with E-state index in [1.54, 1.807) is 25.1 Å². The Morgan fingerprint density at radius 3 is 2.53 bits per heavy atom. The lowest BCUT2D eigenvalue weighted by molar-refractivity contribution is 0.1000. The average molecular weight is 201 g/mol. The van der Waals surface area contributed by atoms with Gasteiger partial charge in [0.1, 0.15) is 7.85 Å². The van der Waals surface area contributed by atoms with Crippen molar-refractivity contribution in [2.45, 2.75) is 20.8 Å². The maximum absolute atomic E-state index is 11.1. The van der Waals surface area contributed by atoms with Gasteiger partial charge < -0.3 is 0 Å². The van der Waals surface area contributed by atoms with E-state index in [2.05, 4.69) is 10.0 Å². The number of rotatable bonds is 1. The quantitative estimate of drug-likeness (QED) is 0.297. The topological polar surface area (TPSA) is 65.8 Å². The van der Waals surface area contributed by atoms with Gasteiger partial charge in [0.2, 0.25) is 5.91 Å². The van der Waals surface area contributed by atoms with Crippen molar-refractivity contribution in [3.63, 3.8) is 0 Å². The Bertz CT molecular complexity index is 398. The molecule has 5 heteroatoms. The van der Waals surface area contributed by atoms with Crippen LogP contribution in [0.3, 0.4) is 0 Å². The highest BCUT2D eigenvalue weighted by molar-refractivity contribution is 6.32. The highest BCUT2D eigenvalue weighted by Gasteiger charge is 2.05. The van der Waals surface area contributed by atoms with Crippen LogP contribution in [0.5, 0.6) is 0 Å². The van der Waals surface area contributed by atoms with E-state index < -0.39 is 5.91 Å². The molecule has 1 rings (SSSR count). The van der Waals surface area contributed by atoms with Crippen molar-refractivity contribution in [1.29, 1.82) is 0 Å². The largest absolute Gasteiger partial charge is 0.287 e. The molecular weight excluding hydrogens is 189 g/mol. The fraction of sp³-hybridized carbons (Fsp3) is 0.300. The van der Waals surface area contributed by atoms with E-state index in [1.165, 1.54) is 0 Å². The molecule has 0 spiro atoms. The van der Waals surface area contributed by atoms with Crippen LogP contribution in [0.25, 0.3) is 10.4 Å². The molecule has 1 aromatic rings. The first-order chi connectivity index (χ1) is 7.15. The van der Waals surface area contributed by atoms with Gasteiger partial charge in [0.05, 0.1) is 0 Å². The van der Waals surface area contributed by atoms with Crippen LogP contribution in [0.4, 0.5) is 0 Å². The summed E-state index contributed by atoms with van der Waals surface area (Å²) in [5.41, 5.74) is 9.72. The molecule has 1 aromatic carbocycles. The summed E-state index contributed by atoms with van der Waals surface area (Å²) in [7, 11) is 5.49. The summed E-state index contributed by atoms with van der Waals surface area (Å²) in [6, 6.07) is 4.79. The molecule has 4 nitrogen and oxygen atoms in total. The third kappa shape index (κ3) is 3.87. The Morgan fingerprint density at radius 2 is 2.07 bits per heavy atom. The van der Waals surface area contributed by atoms with E-state index in [4.69, 9.17) is 13.4 Å². The zero-order chi connectivity index (χ0) is 11.8. The van der Waals surface area contributed by atoms with E-state index in [1.807, 2.05) is 13.8 Å². The molecule has 0 saturated heterocycles. The summed E-state index contributed by atoms with van der Waals surface area (Å²) in [5.74, 6) is -0.583. The number of amides is 1. The Balaban J connectivity index is 0.000000921. The predicted molar refractivity (Wildman–Crippen MR) is 61.4 cm³/mol. The van der Waals surface area contributed by atoms with Crippen molar-refractivity contribution in [2.75, 3.05) is 0 Å². The van der Waals surface area contributed by atoms with E-state index >= 15 is 0 Å². The molecule has 0 aliphatic rings. The molecule has 0 bridgehead atoms. The predicted octanol–water partition coefficient (Wildman–Crippen LogP) is 2.27. The molecule has 1 amide bonds. The molecule has 0 fully saturated rings. The van der Waals surface area contributed by atoms with E-state index in [0.717, 1.165) is 0 Å². The van der Waals surface area contributed by atoms with Crippen molar-refractivity contribution >= 4 is 19.2 Å². The average Bonchev–Trinajstić information content (AvgIpc) is 2.21. The smallest absolute Gasteiger partial charge is 0.249 e. The lowest BCUT2D eigenvalue weighted by Gasteiger charge is -2.01. The summed E-state index contributed by atoms with van der Waals surface area (Å²) in [4.78, 5) is 13.5. The third-order valence-corrected chi connectivity index (χ3v) is 1.62. The first-order valence-corrected chi connectivity index (χ1v) is 4.60. The molecule has 15 heavy (non-hydrogen) atoms. The minimum atomic E-state index is -0.583. The number of nitrogens with zero attached hydrogens (tertiary/aromatic N) is 3. The standard InChI is InChI=1S/C8H6BN3O.C2H6/c1-5-4-6(9)2-3-7(5)8(13)11-12-10;1-2/h2-4H,1H3;1-2H3. The van der Waals surface area contributed by atoms with Gasteiger partial charge in [0.25, 0.3) is 0 Å². The van der Waals surface area contributed by atoms with E-state index in [0.29, 0.717) is 16.6 Å². The molecule has 0 N–H and O–H groups in total. The number of hydrogen-bond acceptors (Lipinski definition) is 1. The van der Waals surface area contributed by atoms with Crippen molar-refractivity contribution in [2.24, 2.45) is 5.11 Å². The van der Waals surface area contributed by atoms with Gasteiger partial charge in [-0.25, -0.2) is 0 Å². The lowest BCUT2D eigenvalue weighted by atomic mass is 9.92. The van der Waals surface area contributed by atoms with Crippen molar-refractivity contribution in [3.05, 3.63) is 39.8 Å². The monoisotopic (exact) mass is 201 g/mol. The zero-order valence-corrected chi connectivity index (χ0v) is 9.06. The zero-order valence-electron chi connectivity index (χ0n) is 9.06. The molecule has 0 aromatic heterocycles. The molecule has 2 radical (unpaired) electrons. The van der Waals surface area contributed by atoms with Crippen LogP contribution in [0.1, 0.15) is 29.8 Å². The van der Waals surface area contributed by atoms with Gasteiger partial charge in [0, 0.05) is 10.5 Å². The molecule has 0 saturated carbocycles. The van der Waals surface area contributed by atoms with E-state index in [9.17, 15) is 4.79 Å². The lowest BCUT2D eigenvalue weighted by Crippen LogP contribution is -2.06. The molecule has 0 aliphatic carbocycles. The number of hydrogen-bond donors (Lipinski definition) is 0. The fourth-order valence-corrected chi connectivity index (χ4v) is 1.02. The second kappa shape index (κ2) is 6.68. The number of benzene rings is 1. The second-order valence-electron chi connectivity index (χ2n) is 2.57. The van der Waals surface area contributed by atoms with Gasteiger partial charge in [-0.3, -0.25) is 4.79 Å². The Labute approximate surface area is 90.3 Å². The minimum Gasteiger partial charge on any atom is -0.287 e. The number of carbonyl (C=O) groups is 1. The van der Waals surface area contributed by atoms with E-state index in [-0.39, 0.29) is 0 Å². The number of azide groups is 1. The molecular formula is C10H12BN3O. The molecule has 0 aliphatic heterocycles. The third-order valence-electron chi connectivity index (χ3n) is 1.62. The highest BCUT2D eigenvalue weighted by atomic mass is 16.1. The summed E-state index contributed by atoms with van der Waals surface area (Å²) in [6.45, 7) is 5.73. The Hall–Kier alpha value is -1.74. The van der Waals surface area contributed by atoms with Crippen LogP contribution < -0.4 is 5.46 Å². The maximum atomic E-state index is 11.1. The number of aryl methyl sites for hydroxylation is 1. The van der Waals surface area contributed by atoms with Crippen LogP contribution >= 0.6 is 0 Å².